The Morgan fingerprint density at radius 3 is 2.02 bits per heavy atom. The van der Waals surface area contributed by atoms with E-state index in [2.05, 4.69) is 10.3 Å². The molecule has 0 aliphatic heterocycles. The van der Waals surface area contributed by atoms with Crippen LogP contribution in [-0.4, -0.2) is 27.8 Å². The fraction of sp³-hybridized carbons (Fsp3) is 0.200. The topological polar surface area (TPSA) is 110 Å². The van der Waals surface area contributed by atoms with Crippen molar-refractivity contribution in [3.63, 3.8) is 0 Å². The van der Waals surface area contributed by atoms with Crippen LogP contribution >= 0.6 is 0 Å². The molecular formula is C30H23F3N2O5. The van der Waals surface area contributed by atoms with Gasteiger partial charge in [0, 0.05) is 22.7 Å². The maximum atomic E-state index is 13.6. The van der Waals surface area contributed by atoms with Gasteiger partial charge in [0.15, 0.2) is 11.5 Å². The minimum atomic E-state index is -4.92. The Labute approximate surface area is 226 Å². The summed E-state index contributed by atoms with van der Waals surface area (Å²) in [6.07, 6.45) is -3.17. The summed E-state index contributed by atoms with van der Waals surface area (Å²) in [7, 11) is 0. The molecule has 3 aromatic carbocycles. The molecule has 1 aromatic heterocycles. The standard InChI is InChI=1S/C30H23F3N2O5/c31-30(32,33)26-24(35-28(40-26)20-5-2-1-3-6-20)27(37)34-21-15-13-18(14-16-21)17-9-11-19(12-10-17)25(36)22-7-4-8-23(22)29(38)39/h1-3,5-6,9-16,22-23H,4,7-8H2,(H,34,37)(H,38,39)/t22?,23-/m0/s1. The average Bonchev–Trinajstić information content (AvgIpc) is 3.62. The molecule has 0 spiro atoms. The van der Waals surface area contributed by atoms with E-state index in [1.165, 1.54) is 24.3 Å². The van der Waals surface area contributed by atoms with Crippen molar-refractivity contribution < 1.29 is 37.1 Å². The first-order chi connectivity index (χ1) is 19.1. The number of amides is 1. The van der Waals surface area contributed by atoms with Crippen LogP contribution in [0.1, 0.15) is 45.9 Å². The smallest absolute Gasteiger partial charge is 0.452 e. The highest BCUT2D eigenvalue weighted by atomic mass is 19.4. The van der Waals surface area contributed by atoms with Crippen molar-refractivity contribution in [3.8, 4) is 22.6 Å². The minimum Gasteiger partial charge on any atom is -0.481 e. The van der Waals surface area contributed by atoms with Crippen LogP contribution in [0.2, 0.25) is 0 Å². The van der Waals surface area contributed by atoms with Crippen LogP contribution in [0.4, 0.5) is 18.9 Å². The molecule has 1 unspecified atom stereocenters. The monoisotopic (exact) mass is 548 g/mol. The van der Waals surface area contributed by atoms with Crippen molar-refractivity contribution in [2.75, 3.05) is 5.32 Å². The third-order valence-corrected chi connectivity index (χ3v) is 6.94. The molecule has 0 bridgehead atoms. The summed E-state index contributed by atoms with van der Waals surface area (Å²) in [5.74, 6) is -5.20. The number of oxazole rings is 1. The van der Waals surface area contributed by atoms with E-state index in [1.807, 2.05) is 0 Å². The molecular weight excluding hydrogens is 525 g/mol. The summed E-state index contributed by atoms with van der Waals surface area (Å²) < 4.78 is 45.7. The number of ketones is 1. The lowest BCUT2D eigenvalue weighted by Crippen LogP contribution is -2.25. The van der Waals surface area contributed by atoms with E-state index in [-0.39, 0.29) is 17.4 Å². The molecule has 1 saturated carbocycles. The van der Waals surface area contributed by atoms with Gasteiger partial charge in [-0.05, 0) is 48.2 Å². The Balaban J connectivity index is 1.30. The lowest BCUT2D eigenvalue weighted by Gasteiger charge is -2.14. The van der Waals surface area contributed by atoms with Crippen LogP contribution in [0.15, 0.2) is 83.3 Å². The predicted octanol–water partition coefficient (Wildman–Crippen LogP) is 6.96. The molecule has 1 heterocycles. The molecule has 1 aliphatic rings. The molecule has 0 radical (unpaired) electrons. The molecule has 1 fully saturated rings. The van der Waals surface area contributed by atoms with Gasteiger partial charge in [-0.1, -0.05) is 61.0 Å². The van der Waals surface area contributed by atoms with Crippen LogP contribution < -0.4 is 5.32 Å². The zero-order valence-corrected chi connectivity index (χ0v) is 20.9. The maximum absolute atomic E-state index is 13.6. The van der Waals surface area contributed by atoms with Crippen LogP contribution in [0.25, 0.3) is 22.6 Å². The van der Waals surface area contributed by atoms with Crippen molar-refractivity contribution in [3.05, 3.63) is 95.9 Å². The molecule has 10 heteroatoms. The predicted molar refractivity (Wildman–Crippen MR) is 140 cm³/mol. The van der Waals surface area contributed by atoms with Gasteiger partial charge in [-0.25, -0.2) is 4.98 Å². The number of carbonyl (C=O) groups is 3. The van der Waals surface area contributed by atoms with Gasteiger partial charge in [0.1, 0.15) is 0 Å². The van der Waals surface area contributed by atoms with E-state index < -0.39 is 41.3 Å². The third-order valence-electron chi connectivity index (χ3n) is 6.94. The average molecular weight is 549 g/mol. The number of benzene rings is 3. The zero-order valence-electron chi connectivity index (χ0n) is 20.9. The van der Waals surface area contributed by atoms with Gasteiger partial charge in [0.2, 0.25) is 11.7 Å². The number of aliphatic carboxylic acids is 1. The number of nitrogens with one attached hydrogen (secondary N) is 1. The molecule has 4 aromatic rings. The first kappa shape index (κ1) is 26.9. The van der Waals surface area contributed by atoms with Crippen molar-refractivity contribution in [2.45, 2.75) is 25.4 Å². The summed E-state index contributed by atoms with van der Waals surface area (Å²) in [6, 6.07) is 21.2. The lowest BCUT2D eigenvalue weighted by molar-refractivity contribution is -0.153. The highest BCUT2D eigenvalue weighted by Gasteiger charge is 2.42. The SMILES string of the molecule is O=C(Nc1ccc(-c2ccc(C(=O)C3CCC[C@@H]3C(=O)O)cc2)cc1)c1nc(-c2ccccc2)oc1C(F)(F)F. The van der Waals surface area contributed by atoms with Gasteiger partial charge in [0.05, 0.1) is 5.92 Å². The van der Waals surface area contributed by atoms with Crippen molar-refractivity contribution in [2.24, 2.45) is 11.8 Å². The second kappa shape index (κ2) is 10.8. The quantitative estimate of drug-likeness (QED) is 0.242. The summed E-state index contributed by atoms with van der Waals surface area (Å²) >= 11 is 0. The second-order valence-electron chi connectivity index (χ2n) is 9.52. The Morgan fingerprint density at radius 2 is 1.43 bits per heavy atom. The van der Waals surface area contributed by atoms with E-state index in [1.54, 1.807) is 54.6 Å². The number of carboxylic acids is 1. The first-order valence-corrected chi connectivity index (χ1v) is 12.5. The minimum absolute atomic E-state index is 0.184. The van der Waals surface area contributed by atoms with Gasteiger partial charge in [-0.3, -0.25) is 14.4 Å². The van der Waals surface area contributed by atoms with Gasteiger partial charge < -0.3 is 14.8 Å². The number of alkyl halides is 3. The van der Waals surface area contributed by atoms with Gasteiger partial charge >= 0.3 is 12.1 Å². The number of halogens is 3. The summed E-state index contributed by atoms with van der Waals surface area (Å²) in [4.78, 5) is 40.9. The van der Waals surface area contributed by atoms with E-state index >= 15 is 0 Å². The summed E-state index contributed by atoms with van der Waals surface area (Å²) in [5.41, 5.74) is 1.62. The fourth-order valence-corrected chi connectivity index (χ4v) is 4.92. The Kier molecular flexibility index (Phi) is 7.25. The number of nitrogens with zero attached hydrogens (tertiary/aromatic N) is 1. The summed E-state index contributed by atoms with van der Waals surface area (Å²) in [6.45, 7) is 0. The second-order valence-corrected chi connectivity index (χ2v) is 9.52. The number of carbonyl (C=O) groups excluding carboxylic acids is 2. The molecule has 0 saturated heterocycles. The van der Waals surface area contributed by atoms with Crippen LogP contribution in [0.5, 0.6) is 0 Å². The van der Waals surface area contributed by atoms with Crippen LogP contribution in [-0.2, 0) is 11.0 Å². The number of aromatic nitrogens is 1. The van der Waals surface area contributed by atoms with Gasteiger partial charge in [-0.15, -0.1) is 0 Å². The van der Waals surface area contributed by atoms with E-state index in [0.717, 1.165) is 11.1 Å². The highest BCUT2D eigenvalue weighted by Crippen LogP contribution is 2.36. The molecule has 2 atom stereocenters. The number of hydrogen-bond donors (Lipinski definition) is 2. The molecule has 7 nitrogen and oxygen atoms in total. The first-order valence-electron chi connectivity index (χ1n) is 12.5. The molecule has 40 heavy (non-hydrogen) atoms. The summed E-state index contributed by atoms with van der Waals surface area (Å²) in [5, 5.41) is 11.8. The zero-order chi connectivity index (χ0) is 28.4. The maximum Gasteiger partial charge on any atom is 0.452 e. The Hall–Kier alpha value is -4.73. The molecule has 5 rings (SSSR count). The van der Waals surface area contributed by atoms with Gasteiger partial charge in [-0.2, -0.15) is 13.2 Å². The van der Waals surface area contributed by atoms with Gasteiger partial charge in [0.25, 0.3) is 5.91 Å². The Bertz CT molecular complexity index is 1550. The normalized spacial score (nSPS) is 17.0. The number of carboxylic acid groups (broad SMARTS) is 1. The largest absolute Gasteiger partial charge is 0.481 e. The molecule has 2 N–H and O–H groups in total. The lowest BCUT2D eigenvalue weighted by atomic mass is 9.88. The molecule has 1 amide bonds. The molecule has 204 valence electrons. The number of rotatable bonds is 7. The number of Topliss-reactive ketones (excluding diaryl/α,β-unsaturated/α-hetero) is 1. The van der Waals surface area contributed by atoms with Crippen LogP contribution in [0, 0.1) is 11.8 Å². The number of hydrogen-bond acceptors (Lipinski definition) is 5. The Morgan fingerprint density at radius 1 is 0.825 bits per heavy atom. The fourth-order valence-electron chi connectivity index (χ4n) is 4.92. The highest BCUT2D eigenvalue weighted by molar-refractivity contribution is 6.04. The van der Waals surface area contributed by atoms with E-state index in [0.29, 0.717) is 30.4 Å². The van der Waals surface area contributed by atoms with Crippen molar-refractivity contribution in [1.82, 2.24) is 4.98 Å². The number of anilines is 1. The van der Waals surface area contributed by atoms with Crippen molar-refractivity contribution >= 4 is 23.3 Å². The molecule has 1 aliphatic carbocycles. The van der Waals surface area contributed by atoms with E-state index in [4.69, 9.17) is 4.42 Å². The van der Waals surface area contributed by atoms with Crippen molar-refractivity contribution in [1.29, 1.82) is 0 Å². The third kappa shape index (κ3) is 5.51. The van der Waals surface area contributed by atoms with Crippen LogP contribution in [0.3, 0.4) is 0 Å². The van der Waals surface area contributed by atoms with E-state index in [9.17, 15) is 32.7 Å².